The molecular formula is C27H34F4N2O5S. The number of nitro benzene ring substituents is 1. The largest absolute Gasteiger partial charge is 0.471 e. The summed E-state index contributed by atoms with van der Waals surface area (Å²) in [5.41, 5.74) is 1.26. The summed E-state index contributed by atoms with van der Waals surface area (Å²) in [6.07, 6.45) is -8.14. The molecule has 0 spiro atoms. The van der Waals surface area contributed by atoms with E-state index >= 15 is 0 Å². The van der Waals surface area contributed by atoms with E-state index < -0.39 is 47.2 Å². The highest BCUT2D eigenvalue weighted by molar-refractivity contribution is 7.99. The minimum absolute atomic E-state index is 0.00636. The molecule has 2 aromatic rings. The molecule has 216 valence electrons. The Morgan fingerprint density at radius 3 is 2.51 bits per heavy atom. The van der Waals surface area contributed by atoms with Crippen LogP contribution in [0.2, 0.25) is 0 Å². The standard InChI is InChI=1S/C27H34F4N2O5S/c1-26(2,3)19-7-5-6-16(9-19)12-32-21-15-39-14-18(25(21)34)8-17-10-20(28)24(33(35)36)22(11-17)38-23(13-37-4)27(29,30)31/h5-7,9-11,18,21,23,25,32,34H,8,12-15H2,1-4H3/t18-,21?,23-,25?/m1/s1. The zero-order valence-electron chi connectivity index (χ0n) is 22.3. The summed E-state index contributed by atoms with van der Waals surface area (Å²) >= 11 is 1.59. The molecular weight excluding hydrogens is 540 g/mol. The van der Waals surface area contributed by atoms with Crippen molar-refractivity contribution in [2.24, 2.45) is 5.92 Å². The normalized spacial score (nSPS) is 21.0. The van der Waals surface area contributed by atoms with E-state index in [1.807, 2.05) is 12.1 Å². The quantitative estimate of drug-likeness (QED) is 0.223. The SMILES string of the molecule is COC[C@@H](Oc1cc(C[C@@H]2CSCC(NCc3cccc(C(C)(C)C)c3)C2O)cc(F)c1[N+](=O)[O-])C(F)(F)F. The van der Waals surface area contributed by atoms with Gasteiger partial charge in [-0.25, -0.2) is 0 Å². The van der Waals surface area contributed by atoms with Gasteiger partial charge in [0.1, 0.15) is 0 Å². The molecule has 3 rings (SSSR count). The number of thioether (sulfide) groups is 1. The average molecular weight is 575 g/mol. The molecule has 4 atom stereocenters. The molecule has 0 aromatic heterocycles. The van der Waals surface area contributed by atoms with Crippen LogP contribution in [0.1, 0.15) is 37.5 Å². The Morgan fingerprint density at radius 1 is 1.18 bits per heavy atom. The number of alkyl halides is 3. The van der Waals surface area contributed by atoms with Gasteiger partial charge < -0.3 is 19.9 Å². The van der Waals surface area contributed by atoms with E-state index in [-0.39, 0.29) is 29.4 Å². The van der Waals surface area contributed by atoms with Crippen molar-refractivity contribution in [1.82, 2.24) is 5.32 Å². The molecule has 7 nitrogen and oxygen atoms in total. The van der Waals surface area contributed by atoms with Crippen LogP contribution in [-0.4, -0.2) is 59.7 Å². The zero-order chi connectivity index (χ0) is 29.0. The van der Waals surface area contributed by atoms with Crippen LogP contribution >= 0.6 is 11.8 Å². The lowest BCUT2D eigenvalue weighted by Crippen LogP contribution is -2.49. The van der Waals surface area contributed by atoms with E-state index in [1.165, 1.54) is 5.56 Å². The van der Waals surface area contributed by atoms with Crippen LogP contribution in [0, 0.1) is 21.8 Å². The summed E-state index contributed by atoms with van der Waals surface area (Å²) in [7, 11) is 1.03. The lowest BCUT2D eigenvalue weighted by atomic mass is 9.86. The third-order valence-corrected chi connectivity index (χ3v) is 7.87. The second-order valence-corrected chi connectivity index (χ2v) is 11.8. The minimum atomic E-state index is -4.89. The van der Waals surface area contributed by atoms with Crippen molar-refractivity contribution in [2.75, 3.05) is 25.2 Å². The predicted octanol–water partition coefficient (Wildman–Crippen LogP) is 5.41. The van der Waals surface area contributed by atoms with Crippen molar-refractivity contribution >= 4 is 17.4 Å². The fraction of sp³-hybridized carbons (Fsp3) is 0.556. The summed E-state index contributed by atoms with van der Waals surface area (Å²) < 4.78 is 64.2. The maximum Gasteiger partial charge on any atom is 0.427 e. The van der Waals surface area contributed by atoms with Gasteiger partial charge in [-0.05, 0) is 52.3 Å². The van der Waals surface area contributed by atoms with E-state index in [4.69, 9.17) is 4.74 Å². The molecule has 1 aliphatic heterocycles. The highest BCUT2D eigenvalue weighted by atomic mass is 32.2. The number of hydrogen-bond donors (Lipinski definition) is 2. The fourth-order valence-corrected chi connectivity index (χ4v) is 5.77. The average Bonchev–Trinajstić information content (AvgIpc) is 2.83. The molecule has 39 heavy (non-hydrogen) atoms. The Labute approximate surface area is 229 Å². The molecule has 0 radical (unpaired) electrons. The lowest BCUT2D eigenvalue weighted by Gasteiger charge is -2.35. The number of aliphatic hydroxyl groups excluding tert-OH is 1. The Balaban J connectivity index is 1.76. The van der Waals surface area contributed by atoms with Gasteiger partial charge in [0.25, 0.3) is 0 Å². The van der Waals surface area contributed by atoms with Crippen LogP contribution in [-0.2, 0) is 23.1 Å². The number of rotatable bonds is 10. The first kappa shape index (κ1) is 31.1. The summed E-state index contributed by atoms with van der Waals surface area (Å²) in [6.45, 7) is 6.00. The second-order valence-electron chi connectivity index (χ2n) is 10.7. The van der Waals surface area contributed by atoms with E-state index in [0.29, 0.717) is 18.1 Å². The van der Waals surface area contributed by atoms with E-state index in [2.05, 4.69) is 43.0 Å². The molecule has 1 heterocycles. The predicted molar refractivity (Wildman–Crippen MR) is 142 cm³/mol. The summed E-state index contributed by atoms with van der Waals surface area (Å²) in [6, 6.07) is 9.86. The number of halogens is 4. The number of nitrogens with zero attached hydrogens (tertiary/aromatic N) is 1. The maximum absolute atomic E-state index is 14.7. The summed E-state index contributed by atoms with van der Waals surface area (Å²) in [5.74, 6) is -1.34. The number of aliphatic hydroxyl groups is 1. The second kappa shape index (κ2) is 12.8. The number of methoxy groups -OCH3 is 1. The van der Waals surface area contributed by atoms with E-state index in [9.17, 15) is 32.8 Å². The molecule has 12 heteroatoms. The van der Waals surface area contributed by atoms with E-state index in [0.717, 1.165) is 24.8 Å². The Hall–Kier alpha value is -2.41. The van der Waals surface area contributed by atoms with Crippen LogP contribution in [0.4, 0.5) is 23.2 Å². The highest BCUT2D eigenvalue weighted by Crippen LogP contribution is 2.37. The first-order chi connectivity index (χ1) is 18.2. The van der Waals surface area contributed by atoms with Gasteiger partial charge in [0.05, 0.1) is 17.6 Å². The molecule has 0 aliphatic carbocycles. The smallest absolute Gasteiger partial charge is 0.427 e. The first-order valence-corrected chi connectivity index (χ1v) is 13.6. The maximum atomic E-state index is 14.7. The van der Waals surface area contributed by atoms with Crippen molar-refractivity contribution in [3.05, 3.63) is 69.0 Å². The van der Waals surface area contributed by atoms with Crippen molar-refractivity contribution < 1.29 is 37.1 Å². The van der Waals surface area contributed by atoms with Crippen LogP contribution in [0.25, 0.3) is 0 Å². The molecule has 0 bridgehead atoms. The first-order valence-electron chi connectivity index (χ1n) is 12.5. The van der Waals surface area contributed by atoms with Crippen LogP contribution in [0.5, 0.6) is 5.75 Å². The van der Waals surface area contributed by atoms with Crippen molar-refractivity contribution in [3.8, 4) is 5.75 Å². The Kier molecular flexibility index (Phi) is 10.2. The number of nitrogens with one attached hydrogen (secondary N) is 1. The van der Waals surface area contributed by atoms with Crippen LogP contribution < -0.4 is 10.1 Å². The van der Waals surface area contributed by atoms with Gasteiger partial charge in [0.15, 0.2) is 0 Å². The number of benzene rings is 2. The zero-order valence-corrected chi connectivity index (χ0v) is 23.1. The number of nitro groups is 1. The molecule has 2 N–H and O–H groups in total. The summed E-state index contributed by atoms with van der Waals surface area (Å²) in [5, 5.41) is 25.9. The molecule has 2 unspecified atom stereocenters. The number of hydrogen-bond acceptors (Lipinski definition) is 7. The summed E-state index contributed by atoms with van der Waals surface area (Å²) in [4.78, 5) is 10.3. The molecule has 1 aliphatic rings. The Morgan fingerprint density at radius 2 is 1.90 bits per heavy atom. The van der Waals surface area contributed by atoms with Gasteiger partial charge in [0.2, 0.25) is 17.7 Å². The minimum Gasteiger partial charge on any atom is -0.471 e. The van der Waals surface area contributed by atoms with Gasteiger partial charge >= 0.3 is 11.9 Å². The third-order valence-electron chi connectivity index (χ3n) is 6.61. The lowest BCUT2D eigenvalue weighted by molar-refractivity contribution is -0.389. The molecule has 1 saturated heterocycles. The highest BCUT2D eigenvalue weighted by Gasteiger charge is 2.43. The molecule has 2 aromatic carbocycles. The van der Waals surface area contributed by atoms with Gasteiger partial charge in [-0.3, -0.25) is 10.1 Å². The van der Waals surface area contributed by atoms with Crippen molar-refractivity contribution in [2.45, 2.75) is 63.6 Å². The third kappa shape index (κ3) is 8.29. The van der Waals surface area contributed by atoms with Gasteiger partial charge in [0, 0.05) is 25.4 Å². The fourth-order valence-electron chi connectivity index (χ4n) is 4.44. The van der Waals surface area contributed by atoms with Crippen molar-refractivity contribution in [1.29, 1.82) is 0 Å². The molecule has 0 amide bonds. The van der Waals surface area contributed by atoms with Gasteiger partial charge in [-0.2, -0.15) is 29.3 Å². The van der Waals surface area contributed by atoms with Crippen molar-refractivity contribution in [3.63, 3.8) is 0 Å². The van der Waals surface area contributed by atoms with Gasteiger partial charge in [-0.1, -0.05) is 45.0 Å². The van der Waals surface area contributed by atoms with Crippen LogP contribution in [0.3, 0.4) is 0 Å². The van der Waals surface area contributed by atoms with Crippen LogP contribution in [0.15, 0.2) is 36.4 Å². The van der Waals surface area contributed by atoms with E-state index in [1.54, 1.807) is 11.8 Å². The number of ether oxygens (including phenoxy) is 2. The topological polar surface area (TPSA) is 93.9 Å². The molecule has 1 fully saturated rings. The molecule has 0 saturated carbocycles. The Bertz CT molecular complexity index is 1140. The monoisotopic (exact) mass is 574 g/mol. The van der Waals surface area contributed by atoms with Gasteiger partial charge in [-0.15, -0.1) is 0 Å².